The quantitative estimate of drug-likeness (QED) is 0.870. The molecule has 2 aromatic rings. The van der Waals surface area contributed by atoms with E-state index >= 15 is 0 Å². The van der Waals surface area contributed by atoms with Gasteiger partial charge in [-0.3, -0.25) is 5.32 Å². The van der Waals surface area contributed by atoms with Gasteiger partial charge in [-0.1, -0.05) is 30.3 Å². The van der Waals surface area contributed by atoms with Crippen LogP contribution in [-0.2, 0) is 16.1 Å². The topological polar surface area (TPSA) is 73.9 Å². The molecule has 0 atom stereocenters. The first-order valence-corrected chi connectivity index (χ1v) is 7.47. The van der Waals surface area contributed by atoms with Crippen molar-refractivity contribution in [3.05, 3.63) is 59.7 Å². The maximum absolute atomic E-state index is 11.9. The van der Waals surface area contributed by atoms with E-state index in [1.807, 2.05) is 30.3 Å². The third kappa shape index (κ3) is 3.65. The standard InChI is InChI=1S/C18H17NO5/c1-18(2)23-15-10-13(8-9-14(15)16(20)24-18)19-17(21)22-11-12-6-4-3-5-7-12/h3-10H,11H2,1-2H3,(H,19,21). The van der Waals surface area contributed by atoms with E-state index in [4.69, 9.17) is 14.2 Å². The molecule has 24 heavy (non-hydrogen) atoms. The molecule has 1 aliphatic rings. The second-order valence-corrected chi connectivity index (χ2v) is 5.79. The summed E-state index contributed by atoms with van der Waals surface area (Å²) in [4.78, 5) is 23.8. The van der Waals surface area contributed by atoms with E-state index in [0.717, 1.165) is 5.56 Å². The van der Waals surface area contributed by atoms with Crippen LogP contribution in [0.1, 0.15) is 29.8 Å². The summed E-state index contributed by atoms with van der Waals surface area (Å²) in [6.07, 6.45) is -0.587. The lowest BCUT2D eigenvalue weighted by Gasteiger charge is -2.31. The van der Waals surface area contributed by atoms with Crippen LogP contribution in [0.3, 0.4) is 0 Å². The predicted molar refractivity (Wildman–Crippen MR) is 86.8 cm³/mol. The number of benzene rings is 2. The summed E-state index contributed by atoms with van der Waals surface area (Å²) in [6.45, 7) is 3.46. The van der Waals surface area contributed by atoms with Crippen molar-refractivity contribution < 1.29 is 23.8 Å². The number of hydrogen-bond acceptors (Lipinski definition) is 5. The minimum Gasteiger partial charge on any atom is -0.452 e. The zero-order chi connectivity index (χ0) is 17.2. The van der Waals surface area contributed by atoms with Crippen molar-refractivity contribution in [2.45, 2.75) is 26.2 Å². The van der Waals surface area contributed by atoms with Gasteiger partial charge in [0.05, 0.1) is 0 Å². The summed E-state index contributed by atoms with van der Waals surface area (Å²) in [7, 11) is 0. The monoisotopic (exact) mass is 327 g/mol. The summed E-state index contributed by atoms with van der Waals surface area (Å²) in [5.74, 6) is -1.15. The number of carbonyl (C=O) groups excluding carboxylic acids is 2. The molecule has 0 radical (unpaired) electrons. The summed E-state index contributed by atoms with van der Waals surface area (Å²) in [5.41, 5.74) is 1.68. The van der Waals surface area contributed by atoms with Gasteiger partial charge < -0.3 is 14.2 Å². The Hall–Kier alpha value is -3.02. The number of rotatable bonds is 3. The summed E-state index contributed by atoms with van der Waals surface area (Å²) < 4.78 is 15.9. The minimum atomic E-state index is -1.05. The van der Waals surface area contributed by atoms with Crippen LogP contribution in [0.25, 0.3) is 0 Å². The van der Waals surface area contributed by atoms with E-state index < -0.39 is 17.8 Å². The average Bonchev–Trinajstić information content (AvgIpc) is 2.52. The minimum absolute atomic E-state index is 0.174. The molecule has 0 saturated heterocycles. The SMILES string of the molecule is CC1(C)OC(=O)c2ccc(NC(=O)OCc3ccccc3)cc2O1. The number of nitrogens with one attached hydrogen (secondary N) is 1. The largest absolute Gasteiger partial charge is 0.452 e. The fraction of sp³-hybridized carbons (Fsp3) is 0.222. The molecule has 1 amide bonds. The molecular formula is C18H17NO5. The third-order valence-electron chi connectivity index (χ3n) is 3.35. The number of ether oxygens (including phenoxy) is 3. The molecule has 0 spiro atoms. The zero-order valence-corrected chi connectivity index (χ0v) is 13.4. The summed E-state index contributed by atoms with van der Waals surface area (Å²) in [6, 6.07) is 14.1. The van der Waals surface area contributed by atoms with Crippen LogP contribution in [0.15, 0.2) is 48.5 Å². The van der Waals surface area contributed by atoms with Crippen LogP contribution in [0, 0.1) is 0 Å². The van der Waals surface area contributed by atoms with Gasteiger partial charge in [-0.05, 0) is 17.7 Å². The lowest BCUT2D eigenvalue weighted by atomic mass is 10.1. The van der Waals surface area contributed by atoms with Gasteiger partial charge in [0, 0.05) is 25.6 Å². The van der Waals surface area contributed by atoms with Crippen molar-refractivity contribution in [2.24, 2.45) is 0 Å². The van der Waals surface area contributed by atoms with Crippen molar-refractivity contribution >= 4 is 17.7 Å². The third-order valence-corrected chi connectivity index (χ3v) is 3.35. The van der Waals surface area contributed by atoms with Gasteiger partial charge in [0.1, 0.15) is 17.9 Å². The van der Waals surface area contributed by atoms with Crippen molar-refractivity contribution in [2.75, 3.05) is 5.32 Å². The van der Waals surface area contributed by atoms with E-state index in [9.17, 15) is 9.59 Å². The summed E-state index contributed by atoms with van der Waals surface area (Å²) in [5, 5.41) is 2.61. The molecule has 3 rings (SSSR count). The second kappa shape index (κ2) is 6.23. The van der Waals surface area contributed by atoms with Crippen molar-refractivity contribution in [1.82, 2.24) is 0 Å². The highest BCUT2D eigenvalue weighted by molar-refractivity contribution is 5.95. The molecule has 1 N–H and O–H groups in total. The number of amides is 1. The molecule has 0 fully saturated rings. The van der Waals surface area contributed by atoms with Crippen LogP contribution in [0.5, 0.6) is 5.75 Å². The van der Waals surface area contributed by atoms with Gasteiger partial charge >= 0.3 is 12.1 Å². The Morgan fingerprint density at radius 3 is 2.62 bits per heavy atom. The van der Waals surface area contributed by atoms with Crippen LogP contribution in [0.2, 0.25) is 0 Å². The van der Waals surface area contributed by atoms with Gasteiger partial charge in [-0.2, -0.15) is 0 Å². The molecule has 1 aliphatic heterocycles. The maximum Gasteiger partial charge on any atom is 0.411 e. The Morgan fingerprint density at radius 1 is 1.12 bits per heavy atom. The van der Waals surface area contributed by atoms with E-state index in [2.05, 4.69) is 5.32 Å². The van der Waals surface area contributed by atoms with Gasteiger partial charge in [-0.25, -0.2) is 9.59 Å². The molecule has 0 aliphatic carbocycles. The summed E-state index contributed by atoms with van der Waals surface area (Å²) >= 11 is 0. The highest BCUT2D eigenvalue weighted by Crippen LogP contribution is 2.33. The van der Waals surface area contributed by atoms with E-state index in [0.29, 0.717) is 17.0 Å². The van der Waals surface area contributed by atoms with Gasteiger partial charge in [-0.15, -0.1) is 0 Å². The van der Waals surface area contributed by atoms with Gasteiger partial charge in [0.25, 0.3) is 0 Å². The Labute approximate surface area is 139 Å². The van der Waals surface area contributed by atoms with Crippen molar-refractivity contribution in [3.8, 4) is 5.75 Å². The molecule has 0 saturated carbocycles. The van der Waals surface area contributed by atoms with E-state index in [-0.39, 0.29) is 6.61 Å². The first-order chi connectivity index (χ1) is 11.4. The number of esters is 1. The van der Waals surface area contributed by atoms with Crippen LogP contribution >= 0.6 is 0 Å². The van der Waals surface area contributed by atoms with Crippen molar-refractivity contribution in [1.29, 1.82) is 0 Å². The Kier molecular flexibility index (Phi) is 4.12. The fourth-order valence-corrected chi connectivity index (χ4v) is 2.29. The van der Waals surface area contributed by atoms with E-state index in [1.165, 1.54) is 0 Å². The van der Waals surface area contributed by atoms with E-state index in [1.54, 1.807) is 32.0 Å². The van der Waals surface area contributed by atoms with Gasteiger partial charge in [0.15, 0.2) is 0 Å². The molecule has 0 aromatic heterocycles. The fourth-order valence-electron chi connectivity index (χ4n) is 2.29. The molecule has 0 unspecified atom stereocenters. The lowest BCUT2D eigenvalue weighted by molar-refractivity contribution is -0.127. The predicted octanol–water partition coefficient (Wildman–Crippen LogP) is 3.72. The first-order valence-electron chi connectivity index (χ1n) is 7.47. The van der Waals surface area contributed by atoms with Gasteiger partial charge in [0.2, 0.25) is 5.79 Å². The molecule has 6 nitrogen and oxygen atoms in total. The number of fused-ring (bicyclic) bond motifs is 1. The molecule has 6 heteroatoms. The number of carbonyl (C=O) groups is 2. The number of cyclic esters (lactones) is 1. The smallest absolute Gasteiger partial charge is 0.411 e. The van der Waals surface area contributed by atoms with Crippen LogP contribution in [-0.4, -0.2) is 17.8 Å². The molecule has 124 valence electrons. The average molecular weight is 327 g/mol. The van der Waals surface area contributed by atoms with Crippen molar-refractivity contribution in [3.63, 3.8) is 0 Å². The Morgan fingerprint density at radius 2 is 1.88 bits per heavy atom. The van der Waals surface area contributed by atoms with Crippen LogP contribution in [0.4, 0.5) is 10.5 Å². The number of hydrogen-bond donors (Lipinski definition) is 1. The highest BCUT2D eigenvalue weighted by atomic mass is 16.7. The zero-order valence-electron chi connectivity index (χ0n) is 13.4. The Bertz CT molecular complexity index is 770. The Balaban J connectivity index is 1.66. The number of anilines is 1. The molecule has 2 aromatic carbocycles. The first kappa shape index (κ1) is 15.9. The lowest BCUT2D eigenvalue weighted by Crippen LogP contribution is -2.38. The second-order valence-electron chi connectivity index (χ2n) is 5.79. The highest BCUT2D eigenvalue weighted by Gasteiger charge is 2.33. The molecular weight excluding hydrogens is 310 g/mol. The van der Waals surface area contributed by atoms with Crippen LogP contribution < -0.4 is 10.1 Å². The molecule has 1 heterocycles. The maximum atomic E-state index is 11.9. The normalized spacial score (nSPS) is 14.8. The molecule has 0 bridgehead atoms.